The lowest BCUT2D eigenvalue weighted by Gasteiger charge is -2.50. The summed E-state index contributed by atoms with van der Waals surface area (Å²) in [7, 11) is 1.51. The number of fused-ring (bicyclic) bond motifs is 2. The van der Waals surface area contributed by atoms with Gasteiger partial charge in [-0.1, -0.05) is 23.2 Å². The maximum absolute atomic E-state index is 13.3. The summed E-state index contributed by atoms with van der Waals surface area (Å²) in [4.78, 5) is 80.7. The highest BCUT2D eigenvalue weighted by molar-refractivity contribution is 6.34. The monoisotopic (exact) mass is 928 g/mol. The molecule has 19 heteroatoms. The molecule has 17 nitrogen and oxygen atoms in total. The molecular formula is C46H54Cl2N10O7. The van der Waals surface area contributed by atoms with Crippen molar-refractivity contribution < 1.29 is 28.7 Å². The molecule has 0 unspecified atom stereocenters. The number of hydrogen-bond donors (Lipinski definition) is 3. The molecule has 2 atom stereocenters. The van der Waals surface area contributed by atoms with Gasteiger partial charge in [-0.05, 0) is 94.8 Å². The summed E-state index contributed by atoms with van der Waals surface area (Å²) in [5, 5.41) is 9.85. The summed E-state index contributed by atoms with van der Waals surface area (Å²) in [6, 6.07) is 10.9. The van der Waals surface area contributed by atoms with Crippen LogP contribution in [0.1, 0.15) is 81.3 Å². The summed E-state index contributed by atoms with van der Waals surface area (Å²) >= 11 is 13.4. The second-order valence-corrected chi connectivity index (χ2v) is 18.8. The average Bonchev–Trinajstić information content (AvgIpc) is 3.58. The molecule has 3 N–H and O–H groups in total. The highest BCUT2D eigenvalue weighted by atomic mass is 35.5. The van der Waals surface area contributed by atoms with Gasteiger partial charge < -0.3 is 39.4 Å². The smallest absolute Gasteiger partial charge is 0.293 e. The Morgan fingerprint density at radius 2 is 1.74 bits per heavy atom. The number of ether oxygens (including phenoxy) is 2. The molecule has 2 aromatic carbocycles. The first-order valence-electron chi connectivity index (χ1n) is 22.4. The van der Waals surface area contributed by atoms with Crippen molar-refractivity contribution in [3.05, 3.63) is 74.1 Å². The summed E-state index contributed by atoms with van der Waals surface area (Å²) in [5.41, 5.74) is 3.41. The van der Waals surface area contributed by atoms with Crippen LogP contribution in [0.4, 0.5) is 23.1 Å². The average molecular weight is 930 g/mol. The number of pyridine rings is 1. The van der Waals surface area contributed by atoms with Crippen LogP contribution in [0.3, 0.4) is 0 Å². The van der Waals surface area contributed by atoms with E-state index in [2.05, 4.69) is 42.6 Å². The molecule has 6 heterocycles. The van der Waals surface area contributed by atoms with Gasteiger partial charge in [-0.3, -0.25) is 34.2 Å². The highest BCUT2D eigenvalue weighted by Crippen LogP contribution is 2.39. The second kappa shape index (κ2) is 18.4. The van der Waals surface area contributed by atoms with Gasteiger partial charge >= 0.3 is 0 Å². The molecule has 1 saturated carbocycles. The van der Waals surface area contributed by atoms with Gasteiger partial charge in [-0.2, -0.15) is 4.98 Å². The van der Waals surface area contributed by atoms with Crippen molar-refractivity contribution in [3.8, 4) is 5.75 Å². The molecule has 65 heavy (non-hydrogen) atoms. The zero-order valence-electron chi connectivity index (χ0n) is 36.9. The molecular weight excluding hydrogens is 875 g/mol. The summed E-state index contributed by atoms with van der Waals surface area (Å²) < 4.78 is 13.9. The number of halogens is 2. The molecule has 2 aromatic heterocycles. The molecule has 0 bridgehead atoms. The predicted octanol–water partition coefficient (Wildman–Crippen LogP) is 5.04. The number of likely N-dealkylation sites (N-methyl/N-ethyl adjacent to an activating group) is 1. The Labute approximate surface area is 386 Å². The first-order valence-corrected chi connectivity index (χ1v) is 23.2. The van der Waals surface area contributed by atoms with Crippen LogP contribution >= 0.6 is 23.2 Å². The fourth-order valence-corrected chi connectivity index (χ4v) is 10.3. The molecule has 4 aliphatic heterocycles. The van der Waals surface area contributed by atoms with Gasteiger partial charge in [0.2, 0.25) is 17.8 Å². The Morgan fingerprint density at radius 1 is 0.954 bits per heavy atom. The highest BCUT2D eigenvalue weighted by Gasteiger charge is 2.42. The van der Waals surface area contributed by atoms with Crippen LogP contribution in [0.25, 0.3) is 10.9 Å². The van der Waals surface area contributed by atoms with Crippen LogP contribution < -0.4 is 36.0 Å². The maximum Gasteiger partial charge on any atom is 0.293 e. The van der Waals surface area contributed by atoms with Crippen LogP contribution in [0, 0.1) is 0 Å². The number of rotatable bonds is 12. The number of amides is 4. The van der Waals surface area contributed by atoms with Gasteiger partial charge in [0, 0.05) is 87.5 Å². The molecule has 9 rings (SSSR count). The maximum atomic E-state index is 13.3. The summed E-state index contributed by atoms with van der Waals surface area (Å²) in [6.07, 6.45) is 6.22. The Kier molecular flexibility index (Phi) is 12.7. The SMILES string of the molecule is CNC(=O)COc1cc2cc(Nc3nc(N4CCC(O[C@H]5C[C@H](N6CCN(c7cc8c(cc7Cl)C(=O)N([C@H]7CCC(=O)NC7=O)C8)[C@H](C)C6)C5)CC4)ncc3Cl)ccc2n(C(C)C)c1=O. The number of hydrogen-bond acceptors (Lipinski definition) is 13. The summed E-state index contributed by atoms with van der Waals surface area (Å²) in [5.74, 6) is -0.159. The van der Waals surface area contributed by atoms with Gasteiger partial charge in [-0.25, -0.2) is 4.98 Å². The van der Waals surface area contributed by atoms with Crippen molar-refractivity contribution in [2.45, 2.75) is 102 Å². The zero-order valence-corrected chi connectivity index (χ0v) is 38.5. The van der Waals surface area contributed by atoms with Crippen LogP contribution in [-0.4, -0.2) is 125 Å². The van der Waals surface area contributed by atoms with Gasteiger partial charge in [0.05, 0.1) is 34.6 Å². The van der Waals surface area contributed by atoms with Crippen molar-refractivity contribution >= 4 is 80.9 Å². The van der Waals surface area contributed by atoms with Crippen molar-refractivity contribution in [2.75, 3.05) is 61.5 Å². The van der Waals surface area contributed by atoms with E-state index in [9.17, 15) is 24.0 Å². The largest absolute Gasteiger partial charge is 0.478 e. The van der Waals surface area contributed by atoms with Crippen LogP contribution in [0.15, 0.2) is 47.4 Å². The molecule has 5 aliphatic rings. The Balaban J connectivity index is 0.756. The molecule has 0 spiro atoms. The second-order valence-electron chi connectivity index (χ2n) is 18.0. The van der Waals surface area contributed by atoms with Crippen molar-refractivity contribution in [1.29, 1.82) is 0 Å². The van der Waals surface area contributed by atoms with E-state index < -0.39 is 11.9 Å². The number of piperidine rings is 2. The lowest BCUT2D eigenvalue weighted by Crippen LogP contribution is -2.59. The molecule has 4 amide bonds. The third kappa shape index (κ3) is 9.07. The minimum atomic E-state index is -0.664. The van der Waals surface area contributed by atoms with Gasteiger partial charge in [0.15, 0.2) is 18.2 Å². The van der Waals surface area contributed by atoms with E-state index in [1.165, 1.54) is 7.05 Å². The first kappa shape index (κ1) is 44.7. The Morgan fingerprint density at radius 3 is 2.46 bits per heavy atom. The number of carbonyl (C=O) groups is 4. The standard InChI is InChI=1S/C46H54Cl2N10O7/c1-25(2)58-36-6-5-29(15-27(36)17-39(45(58)63)64-24-41(60)49-4)51-42-35(48)21-50-46(53-42)54-11-9-31(10-12-54)65-32-18-30(19-32)55-13-14-56(26(3)22-55)38-16-28-23-57(44(62)33(28)20-34(38)47)37-7-8-40(59)52-43(37)61/h5-6,15-17,20-21,25-26,30-32,37H,7-14,18-19,22-24H2,1-4H3,(H,49,60)(H,50,51,53)(H,52,59,61)/t26-,30-,32-,37+/m1/s1. The fraction of sp³-hybridized carbons (Fsp3) is 0.500. The van der Waals surface area contributed by atoms with Crippen molar-refractivity contribution in [2.24, 2.45) is 0 Å². The van der Waals surface area contributed by atoms with Gasteiger partial charge in [0.25, 0.3) is 17.4 Å². The normalized spacial score (nSPS) is 22.9. The molecule has 0 radical (unpaired) electrons. The third-order valence-corrected chi connectivity index (χ3v) is 14.0. The number of nitrogens with one attached hydrogen (secondary N) is 3. The van der Waals surface area contributed by atoms with E-state index in [-0.39, 0.29) is 66.3 Å². The molecule has 4 fully saturated rings. The molecule has 4 aromatic rings. The molecule has 1 aliphatic carbocycles. The number of aromatic nitrogens is 3. The summed E-state index contributed by atoms with van der Waals surface area (Å²) in [6.45, 7) is 10.2. The van der Waals surface area contributed by atoms with E-state index >= 15 is 0 Å². The van der Waals surface area contributed by atoms with E-state index in [4.69, 9.17) is 37.7 Å². The van der Waals surface area contributed by atoms with E-state index in [1.807, 2.05) is 38.1 Å². The van der Waals surface area contributed by atoms with E-state index in [0.29, 0.717) is 52.1 Å². The van der Waals surface area contributed by atoms with E-state index in [1.54, 1.807) is 27.8 Å². The molecule has 3 saturated heterocycles. The topological polar surface area (TPSA) is 184 Å². The third-order valence-electron chi connectivity index (χ3n) is 13.4. The molecule has 344 valence electrons. The Hall–Kier alpha value is -5.49. The minimum Gasteiger partial charge on any atom is -0.478 e. The number of benzene rings is 2. The number of piperazine rings is 1. The van der Waals surface area contributed by atoms with Crippen LogP contribution in [0.2, 0.25) is 10.0 Å². The number of nitrogens with zero attached hydrogens (tertiary/aromatic N) is 7. The lowest BCUT2D eigenvalue weighted by molar-refractivity contribution is -0.137. The van der Waals surface area contributed by atoms with E-state index in [0.717, 1.165) is 80.6 Å². The number of imide groups is 1. The van der Waals surface area contributed by atoms with Crippen LogP contribution in [0.5, 0.6) is 5.75 Å². The zero-order chi connectivity index (χ0) is 45.7. The number of carbonyl (C=O) groups excluding carboxylic acids is 4. The first-order chi connectivity index (χ1) is 31.2. The van der Waals surface area contributed by atoms with Crippen molar-refractivity contribution in [3.63, 3.8) is 0 Å². The van der Waals surface area contributed by atoms with Crippen LogP contribution in [-0.2, 0) is 25.7 Å². The Bertz CT molecular complexity index is 2600. The fourth-order valence-electron chi connectivity index (χ4n) is 9.85. The van der Waals surface area contributed by atoms with Crippen molar-refractivity contribution in [1.82, 2.24) is 35.0 Å². The van der Waals surface area contributed by atoms with Gasteiger partial charge in [0.1, 0.15) is 11.1 Å². The quantitative estimate of drug-likeness (QED) is 0.161. The predicted molar refractivity (Wildman–Crippen MR) is 247 cm³/mol. The minimum absolute atomic E-state index is 0.0900. The van der Waals surface area contributed by atoms with Gasteiger partial charge in [-0.15, -0.1) is 0 Å². The number of anilines is 4. The lowest BCUT2D eigenvalue weighted by atomic mass is 9.86.